The molecule has 0 saturated heterocycles. The molecular weight excluding hydrogens is 346 g/mol. The van der Waals surface area contributed by atoms with Crippen molar-refractivity contribution < 1.29 is 14.3 Å². The van der Waals surface area contributed by atoms with Gasteiger partial charge in [0.05, 0.1) is 5.39 Å². The standard InChI is InChI=1S/C20H25N3O4/c1-2-3-12-23-19(25)16-11-7-6-10-15(16)18(22-23)20(26)27-13-17(24)21-14-8-4-5-9-14/h6-7,10-11,14H,2-5,8-9,12-13H2,1H3,(H,21,24). The number of carbonyl (C=O) groups is 2. The number of aromatic nitrogens is 2. The maximum Gasteiger partial charge on any atom is 0.359 e. The minimum absolute atomic E-state index is 0.0648. The fraction of sp³-hybridized carbons (Fsp3) is 0.500. The first kappa shape index (κ1) is 19.1. The Bertz CT molecular complexity index is 884. The number of aryl methyl sites for hydroxylation is 1. The molecule has 0 aliphatic heterocycles. The van der Waals surface area contributed by atoms with Gasteiger partial charge in [-0.3, -0.25) is 9.59 Å². The summed E-state index contributed by atoms with van der Waals surface area (Å²) in [7, 11) is 0. The van der Waals surface area contributed by atoms with Crippen molar-refractivity contribution in [2.45, 2.75) is 58.0 Å². The third kappa shape index (κ3) is 4.53. The van der Waals surface area contributed by atoms with Crippen LogP contribution in [0.5, 0.6) is 0 Å². The third-order valence-electron chi connectivity index (χ3n) is 4.84. The fourth-order valence-corrected chi connectivity index (χ4v) is 3.38. The van der Waals surface area contributed by atoms with Gasteiger partial charge in [-0.2, -0.15) is 5.10 Å². The van der Waals surface area contributed by atoms with E-state index in [4.69, 9.17) is 4.74 Å². The second-order valence-corrected chi connectivity index (χ2v) is 6.90. The smallest absolute Gasteiger partial charge is 0.359 e. The molecule has 1 aliphatic rings. The average molecular weight is 371 g/mol. The van der Waals surface area contributed by atoms with E-state index in [0.29, 0.717) is 17.3 Å². The van der Waals surface area contributed by atoms with Gasteiger partial charge in [0.2, 0.25) is 0 Å². The number of rotatable bonds is 7. The number of amides is 1. The van der Waals surface area contributed by atoms with Gasteiger partial charge in [0, 0.05) is 18.0 Å². The second kappa shape index (κ2) is 8.79. The minimum atomic E-state index is -0.696. The van der Waals surface area contributed by atoms with Crippen LogP contribution in [0, 0.1) is 0 Å². The lowest BCUT2D eigenvalue weighted by molar-refractivity contribution is -0.124. The molecule has 0 bridgehead atoms. The summed E-state index contributed by atoms with van der Waals surface area (Å²) in [5.41, 5.74) is -0.162. The molecule has 0 atom stereocenters. The molecule has 0 unspecified atom stereocenters. The summed E-state index contributed by atoms with van der Waals surface area (Å²) in [5.74, 6) is -1.00. The first-order valence-corrected chi connectivity index (χ1v) is 9.56. The van der Waals surface area contributed by atoms with Crippen molar-refractivity contribution in [1.29, 1.82) is 0 Å². The van der Waals surface area contributed by atoms with Gasteiger partial charge in [-0.25, -0.2) is 9.48 Å². The lowest BCUT2D eigenvalue weighted by Gasteiger charge is -2.13. The van der Waals surface area contributed by atoms with E-state index in [0.717, 1.165) is 38.5 Å². The van der Waals surface area contributed by atoms with Gasteiger partial charge in [-0.05, 0) is 25.3 Å². The highest BCUT2D eigenvalue weighted by Crippen LogP contribution is 2.17. The molecule has 0 radical (unpaired) electrons. The number of esters is 1. The van der Waals surface area contributed by atoms with E-state index >= 15 is 0 Å². The van der Waals surface area contributed by atoms with Crippen LogP contribution in [0.15, 0.2) is 29.1 Å². The van der Waals surface area contributed by atoms with Gasteiger partial charge < -0.3 is 10.1 Å². The first-order valence-electron chi connectivity index (χ1n) is 9.56. The lowest BCUT2D eigenvalue weighted by atomic mass is 10.1. The quantitative estimate of drug-likeness (QED) is 0.755. The number of unbranched alkanes of at least 4 members (excludes halogenated alkanes) is 1. The molecule has 27 heavy (non-hydrogen) atoms. The first-order chi connectivity index (χ1) is 13.1. The van der Waals surface area contributed by atoms with Crippen LogP contribution in [0.3, 0.4) is 0 Å². The molecule has 1 N–H and O–H groups in total. The van der Waals surface area contributed by atoms with Crippen molar-refractivity contribution in [2.75, 3.05) is 6.61 Å². The van der Waals surface area contributed by atoms with E-state index < -0.39 is 5.97 Å². The van der Waals surface area contributed by atoms with Crippen molar-refractivity contribution in [3.63, 3.8) is 0 Å². The van der Waals surface area contributed by atoms with E-state index in [9.17, 15) is 14.4 Å². The molecule has 2 aromatic rings. The van der Waals surface area contributed by atoms with Gasteiger partial charge in [-0.1, -0.05) is 44.4 Å². The Hall–Kier alpha value is -2.70. The zero-order chi connectivity index (χ0) is 19.2. The SMILES string of the molecule is CCCCn1nc(C(=O)OCC(=O)NC2CCCC2)c2ccccc2c1=O. The van der Waals surface area contributed by atoms with Crippen LogP contribution in [-0.4, -0.2) is 34.3 Å². The largest absolute Gasteiger partial charge is 0.451 e. The number of ether oxygens (including phenoxy) is 1. The van der Waals surface area contributed by atoms with E-state index in [1.54, 1.807) is 24.3 Å². The van der Waals surface area contributed by atoms with Crippen LogP contribution >= 0.6 is 0 Å². The van der Waals surface area contributed by atoms with Crippen LogP contribution in [0.25, 0.3) is 10.8 Å². The zero-order valence-corrected chi connectivity index (χ0v) is 15.6. The van der Waals surface area contributed by atoms with Crippen molar-refractivity contribution in [2.24, 2.45) is 0 Å². The lowest BCUT2D eigenvalue weighted by Crippen LogP contribution is -2.36. The molecule has 1 amide bonds. The summed E-state index contributed by atoms with van der Waals surface area (Å²) in [6.45, 7) is 2.10. The average Bonchev–Trinajstić information content (AvgIpc) is 3.18. The topological polar surface area (TPSA) is 90.3 Å². The number of hydrogen-bond acceptors (Lipinski definition) is 5. The van der Waals surface area contributed by atoms with Gasteiger partial charge in [0.25, 0.3) is 11.5 Å². The molecule has 7 nitrogen and oxygen atoms in total. The Balaban J connectivity index is 1.77. The summed E-state index contributed by atoms with van der Waals surface area (Å²) in [4.78, 5) is 37.1. The van der Waals surface area contributed by atoms with Crippen LogP contribution in [0.1, 0.15) is 55.9 Å². The highest BCUT2D eigenvalue weighted by Gasteiger charge is 2.21. The number of nitrogens with one attached hydrogen (secondary N) is 1. The van der Waals surface area contributed by atoms with Crippen molar-refractivity contribution in [1.82, 2.24) is 15.1 Å². The molecule has 1 saturated carbocycles. The van der Waals surface area contributed by atoms with Crippen LogP contribution in [0.2, 0.25) is 0 Å². The maximum atomic E-state index is 12.6. The predicted molar refractivity (Wildman–Crippen MR) is 102 cm³/mol. The summed E-state index contributed by atoms with van der Waals surface area (Å²) >= 11 is 0. The Morgan fingerprint density at radius 2 is 1.93 bits per heavy atom. The van der Waals surface area contributed by atoms with Gasteiger partial charge in [0.15, 0.2) is 12.3 Å². The molecular formula is C20H25N3O4. The van der Waals surface area contributed by atoms with E-state index in [-0.39, 0.29) is 29.8 Å². The van der Waals surface area contributed by atoms with Crippen LogP contribution in [-0.2, 0) is 16.1 Å². The normalized spacial score (nSPS) is 14.4. The molecule has 1 aromatic heterocycles. The monoisotopic (exact) mass is 371 g/mol. The molecule has 7 heteroatoms. The number of fused-ring (bicyclic) bond motifs is 1. The van der Waals surface area contributed by atoms with E-state index in [1.165, 1.54) is 4.68 Å². The Labute approximate surface area is 157 Å². The van der Waals surface area contributed by atoms with E-state index in [1.807, 2.05) is 6.92 Å². The highest BCUT2D eigenvalue weighted by molar-refractivity contribution is 6.02. The summed E-state index contributed by atoms with van der Waals surface area (Å²) in [6.07, 6.45) is 5.84. The van der Waals surface area contributed by atoms with Gasteiger partial charge in [0.1, 0.15) is 0 Å². The summed E-state index contributed by atoms with van der Waals surface area (Å²) in [6, 6.07) is 7.00. The molecule has 144 valence electrons. The minimum Gasteiger partial charge on any atom is -0.451 e. The number of hydrogen-bond donors (Lipinski definition) is 1. The molecule has 1 fully saturated rings. The van der Waals surface area contributed by atoms with Gasteiger partial charge in [-0.15, -0.1) is 0 Å². The van der Waals surface area contributed by atoms with Crippen molar-refractivity contribution in [3.05, 3.63) is 40.3 Å². The second-order valence-electron chi connectivity index (χ2n) is 6.90. The summed E-state index contributed by atoms with van der Waals surface area (Å²) < 4.78 is 6.49. The maximum absolute atomic E-state index is 12.6. The predicted octanol–water partition coefficient (Wildman–Crippen LogP) is 2.41. The molecule has 1 aromatic carbocycles. The molecule has 1 aliphatic carbocycles. The molecule has 0 spiro atoms. The number of benzene rings is 1. The van der Waals surface area contributed by atoms with E-state index in [2.05, 4.69) is 10.4 Å². The van der Waals surface area contributed by atoms with Crippen molar-refractivity contribution in [3.8, 4) is 0 Å². The fourth-order valence-electron chi connectivity index (χ4n) is 3.38. The molecule has 3 rings (SSSR count). The Morgan fingerprint density at radius 3 is 2.63 bits per heavy atom. The zero-order valence-electron chi connectivity index (χ0n) is 15.6. The Kier molecular flexibility index (Phi) is 6.21. The number of carbonyl (C=O) groups excluding carboxylic acids is 2. The van der Waals surface area contributed by atoms with Crippen LogP contribution < -0.4 is 10.9 Å². The third-order valence-corrected chi connectivity index (χ3v) is 4.84. The van der Waals surface area contributed by atoms with Crippen molar-refractivity contribution >= 4 is 22.6 Å². The number of nitrogens with zero attached hydrogens (tertiary/aromatic N) is 2. The highest BCUT2D eigenvalue weighted by atomic mass is 16.5. The van der Waals surface area contributed by atoms with Crippen LogP contribution in [0.4, 0.5) is 0 Å². The molecule has 1 heterocycles. The summed E-state index contributed by atoms with van der Waals surface area (Å²) in [5, 5.41) is 7.96. The van der Waals surface area contributed by atoms with Gasteiger partial charge >= 0.3 is 5.97 Å². The Morgan fingerprint density at radius 1 is 1.22 bits per heavy atom.